The average molecular weight is 466 g/mol. The fourth-order valence-electron chi connectivity index (χ4n) is 3.70. The normalized spacial score (nSPS) is 23.4. The van der Waals surface area contributed by atoms with Gasteiger partial charge in [-0.15, -0.1) is 0 Å². The third-order valence-corrected chi connectivity index (χ3v) is 5.59. The van der Waals surface area contributed by atoms with E-state index in [9.17, 15) is 22.8 Å². The van der Waals surface area contributed by atoms with E-state index in [-0.39, 0.29) is 17.9 Å². The Morgan fingerprint density at radius 3 is 2.47 bits per heavy atom. The smallest absolute Gasteiger partial charge is 0.376 e. The highest BCUT2D eigenvalue weighted by Gasteiger charge is 2.67. The van der Waals surface area contributed by atoms with Gasteiger partial charge in [0.05, 0.1) is 12.6 Å². The zero-order valence-electron chi connectivity index (χ0n) is 16.7. The summed E-state index contributed by atoms with van der Waals surface area (Å²) in [6.07, 6.45) is -4.23. The molecule has 0 bridgehead atoms. The molecule has 0 radical (unpaired) electrons. The third-order valence-electron chi connectivity index (χ3n) is 5.34. The number of aliphatic imine (C=N–C) groups is 1. The predicted octanol–water partition coefficient (Wildman–Crippen LogP) is 3.80. The minimum atomic E-state index is -5.18. The number of carbonyl (C=O) groups excluding carboxylic acids is 2. The second-order valence-corrected chi connectivity index (χ2v) is 7.96. The molecular weight excluding hydrogens is 447 g/mol. The molecule has 2 unspecified atom stereocenters. The van der Waals surface area contributed by atoms with Gasteiger partial charge in [0.1, 0.15) is 5.84 Å². The number of ether oxygens (including phenoxy) is 1. The summed E-state index contributed by atoms with van der Waals surface area (Å²) in [7, 11) is 0. The number of carbonyl (C=O) groups is 2. The van der Waals surface area contributed by atoms with Gasteiger partial charge in [-0.3, -0.25) is 14.5 Å². The molecule has 2 aliphatic heterocycles. The van der Waals surface area contributed by atoms with E-state index < -0.39 is 29.8 Å². The number of hydrogen-bond acceptors (Lipinski definition) is 4. The molecule has 2 aliphatic rings. The zero-order valence-corrected chi connectivity index (χ0v) is 17.5. The molecule has 2 amide bonds. The highest BCUT2D eigenvalue weighted by atomic mass is 35.5. The Bertz CT molecular complexity index is 1040. The average Bonchev–Trinajstić information content (AvgIpc) is 3.37. The molecule has 0 spiro atoms. The first kappa shape index (κ1) is 22.3. The molecule has 0 aliphatic carbocycles. The Morgan fingerprint density at radius 2 is 1.88 bits per heavy atom. The fraction of sp³-hybridized carbons (Fsp3) is 0.318. The minimum Gasteiger partial charge on any atom is -0.376 e. The van der Waals surface area contributed by atoms with E-state index in [1.165, 1.54) is 24.3 Å². The van der Waals surface area contributed by atoms with Gasteiger partial charge in [-0.05, 0) is 37.1 Å². The summed E-state index contributed by atoms with van der Waals surface area (Å²) >= 11 is 5.79. The number of amidine groups is 1. The maximum absolute atomic E-state index is 14.4. The zero-order chi connectivity index (χ0) is 22.9. The van der Waals surface area contributed by atoms with E-state index in [1.807, 2.05) is 5.32 Å². The number of nitrogens with zero attached hydrogens (tertiary/aromatic N) is 2. The van der Waals surface area contributed by atoms with Crippen molar-refractivity contribution >= 4 is 29.3 Å². The van der Waals surface area contributed by atoms with Gasteiger partial charge in [0.25, 0.3) is 11.8 Å². The quantitative estimate of drug-likeness (QED) is 0.730. The van der Waals surface area contributed by atoms with Crippen LogP contribution in [-0.2, 0) is 9.53 Å². The van der Waals surface area contributed by atoms with Crippen LogP contribution in [0, 0.1) is 0 Å². The van der Waals surface area contributed by atoms with Crippen molar-refractivity contribution in [2.75, 3.05) is 13.2 Å². The summed E-state index contributed by atoms with van der Waals surface area (Å²) in [4.78, 5) is 30.7. The lowest BCUT2D eigenvalue weighted by Crippen LogP contribution is -2.63. The lowest BCUT2D eigenvalue weighted by atomic mass is 10.1. The number of alkyl halides is 3. The molecule has 10 heteroatoms. The van der Waals surface area contributed by atoms with Gasteiger partial charge in [0.2, 0.25) is 0 Å². The molecule has 1 saturated heterocycles. The molecule has 2 aromatic carbocycles. The Hall–Kier alpha value is -2.91. The minimum absolute atomic E-state index is 0.0835. The van der Waals surface area contributed by atoms with Crippen LogP contribution < -0.4 is 5.32 Å². The third kappa shape index (κ3) is 4.10. The summed E-state index contributed by atoms with van der Waals surface area (Å²) in [5.74, 6) is -2.64. The molecule has 0 aromatic heterocycles. The van der Waals surface area contributed by atoms with Crippen LogP contribution in [0.25, 0.3) is 0 Å². The number of rotatable bonds is 5. The number of benzene rings is 2. The van der Waals surface area contributed by atoms with Gasteiger partial charge in [0, 0.05) is 22.8 Å². The molecule has 0 saturated carbocycles. The van der Waals surface area contributed by atoms with Gasteiger partial charge in [-0.2, -0.15) is 13.2 Å². The van der Waals surface area contributed by atoms with Gasteiger partial charge >= 0.3 is 11.8 Å². The molecule has 1 fully saturated rings. The van der Waals surface area contributed by atoms with Crippen molar-refractivity contribution in [1.82, 2.24) is 10.2 Å². The number of halogens is 4. The summed E-state index contributed by atoms with van der Waals surface area (Å²) in [5.41, 5.74) is -3.21. The van der Waals surface area contributed by atoms with Crippen LogP contribution in [0.4, 0.5) is 13.2 Å². The van der Waals surface area contributed by atoms with Crippen molar-refractivity contribution in [1.29, 1.82) is 0 Å². The Kier molecular flexibility index (Phi) is 5.96. The highest BCUT2D eigenvalue weighted by molar-refractivity contribution is 6.30. The standard InChI is InChI=1S/C22H19ClF3N3O3/c23-16-10-8-15(9-11-16)19(30)28-21(22(24,25)26)20(31)29(13-17-7-4-12-32-17)18(27-21)14-5-2-1-3-6-14/h1-3,5-6,8-11,17H,4,7,12-13H2,(H,28,30). The largest absolute Gasteiger partial charge is 0.442 e. The maximum atomic E-state index is 14.4. The lowest BCUT2D eigenvalue weighted by Gasteiger charge is -2.29. The van der Waals surface area contributed by atoms with Crippen LogP contribution in [0.3, 0.4) is 0 Å². The van der Waals surface area contributed by atoms with Gasteiger partial charge in [-0.25, -0.2) is 4.99 Å². The Balaban J connectivity index is 1.76. The highest BCUT2D eigenvalue weighted by Crippen LogP contribution is 2.39. The van der Waals surface area contributed by atoms with Gasteiger partial charge in [0.15, 0.2) is 0 Å². The topological polar surface area (TPSA) is 71.0 Å². The number of amides is 2. The first-order chi connectivity index (χ1) is 15.2. The Morgan fingerprint density at radius 1 is 1.19 bits per heavy atom. The van der Waals surface area contributed by atoms with Crippen molar-refractivity contribution in [3.63, 3.8) is 0 Å². The molecule has 1 N–H and O–H groups in total. The fourth-order valence-corrected chi connectivity index (χ4v) is 3.83. The van der Waals surface area contributed by atoms with Crippen LogP contribution in [0.1, 0.15) is 28.8 Å². The SMILES string of the molecule is O=C(NC1(C(F)(F)F)N=C(c2ccccc2)N(CC2CCCO2)C1=O)c1ccc(Cl)cc1. The van der Waals surface area contributed by atoms with Gasteiger partial charge < -0.3 is 10.1 Å². The van der Waals surface area contributed by atoms with Crippen molar-refractivity contribution in [3.8, 4) is 0 Å². The molecule has 4 rings (SSSR count). The van der Waals surface area contributed by atoms with E-state index in [4.69, 9.17) is 16.3 Å². The van der Waals surface area contributed by atoms with Crippen LogP contribution in [0.2, 0.25) is 5.02 Å². The molecule has 168 valence electrons. The molecule has 2 heterocycles. The first-order valence-electron chi connectivity index (χ1n) is 9.95. The second-order valence-electron chi connectivity index (χ2n) is 7.52. The van der Waals surface area contributed by atoms with Crippen LogP contribution in [-0.4, -0.2) is 53.6 Å². The van der Waals surface area contributed by atoms with Crippen molar-refractivity contribution in [3.05, 3.63) is 70.7 Å². The van der Waals surface area contributed by atoms with Gasteiger partial charge in [-0.1, -0.05) is 41.9 Å². The molecule has 6 nitrogen and oxygen atoms in total. The second kappa shape index (κ2) is 8.55. The number of nitrogens with one attached hydrogen (secondary N) is 1. The first-order valence-corrected chi connectivity index (χ1v) is 10.3. The van der Waals surface area contributed by atoms with E-state index in [0.717, 1.165) is 11.3 Å². The van der Waals surface area contributed by atoms with E-state index in [2.05, 4.69) is 4.99 Å². The van der Waals surface area contributed by atoms with Crippen LogP contribution in [0.15, 0.2) is 59.6 Å². The monoisotopic (exact) mass is 465 g/mol. The summed E-state index contributed by atoms with van der Waals surface area (Å²) in [6, 6.07) is 13.4. The van der Waals surface area contributed by atoms with Crippen molar-refractivity contribution in [2.24, 2.45) is 4.99 Å². The molecule has 2 aromatic rings. The van der Waals surface area contributed by atoms with E-state index in [0.29, 0.717) is 23.6 Å². The van der Waals surface area contributed by atoms with E-state index in [1.54, 1.807) is 30.3 Å². The lowest BCUT2D eigenvalue weighted by molar-refractivity contribution is -0.196. The molecular formula is C22H19ClF3N3O3. The molecule has 2 atom stereocenters. The summed E-state index contributed by atoms with van der Waals surface area (Å²) in [5, 5.41) is 2.16. The summed E-state index contributed by atoms with van der Waals surface area (Å²) < 4.78 is 48.6. The van der Waals surface area contributed by atoms with Crippen LogP contribution >= 0.6 is 11.6 Å². The Labute approximate surface area is 187 Å². The number of hydrogen-bond donors (Lipinski definition) is 1. The van der Waals surface area contributed by atoms with Crippen LogP contribution in [0.5, 0.6) is 0 Å². The van der Waals surface area contributed by atoms with Crippen molar-refractivity contribution < 1.29 is 27.5 Å². The van der Waals surface area contributed by atoms with Crippen molar-refractivity contribution in [2.45, 2.75) is 30.8 Å². The predicted molar refractivity (Wildman–Crippen MR) is 111 cm³/mol. The maximum Gasteiger partial charge on any atom is 0.442 e. The molecule has 32 heavy (non-hydrogen) atoms. The van der Waals surface area contributed by atoms with E-state index >= 15 is 0 Å². The summed E-state index contributed by atoms with van der Waals surface area (Å²) in [6.45, 7) is 0.378.